The van der Waals surface area contributed by atoms with E-state index in [1.165, 1.54) is 12.1 Å². The zero-order chi connectivity index (χ0) is 12.1. The number of pyridine rings is 1. The highest BCUT2D eigenvalue weighted by molar-refractivity contribution is 5.47. The molecule has 1 aromatic heterocycles. The first-order chi connectivity index (χ1) is 7.56. The fourth-order valence-electron chi connectivity index (χ4n) is 1.00. The van der Waals surface area contributed by atoms with Gasteiger partial charge in [-0.3, -0.25) is 10.1 Å². The molecule has 0 saturated carbocycles. The van der Waals surface area contributed by atoms with Crippen molar-refractivity contribution in [2.24, 2.45) is 0 Å². The number of nitrogens with one attached hydrogen (secondary N) is 1. The Morgan fingerprint density at radius 3 is 2.88 bits per heavy atom. The van der Waals surface area contributed by atoms with Crippen LogP contribution >= 0.6 is 0 Å². The molecule has 0 radical (unpaired) electrons. The third kappa shape index (κ3) is 2.85. The van der Waals surface area contributed by atoms with E-state index in [-0.39, 0.29) is 11.6 Å². The number of ether oxygens (including phenoxy) is 1. The summed E-state index contributed by atoms with van der Waals surface area (Å²) in [5.74, 6) is 2.83. The number of terminal acetylenes is 1. The molecule has 16 heavy (non-hydrogen) atoms. The van der Waals surface area contributed by atoms with Crippen molar-refractivity contribution in [2.45, 2.75) is 13.0 Å². The average Bonchev–Trinajstić information content (AvgIpc) is 2.28. The van der Waals surface area contributed by atoms with Gasteiger partial charge in [0.05, 0.1) is 17.1 Å². The Morgan fingerprint density at radius 1 is 1.69 bits per heavy atom. The van der Waals surface area contributed by atoms with Crippen LogP contribution in [0.25, 0.3) is 0 Å². The van der Waals surface area contributed by atoms with Crippen LogP contribution in [0.15, 0.2) is 12.1 Å². The molecule has 0 spiro atoms. The first kappa shape index (κ1) is 11.8. The predicted molar refractivity (Wildman–Crippen MR) is 59.4 cm³/mol. The van der Waals surface area contributed by atoms with Gasteiger partial charge in [0.25, 0.3) is 5.69 Å². The summed E-state index contributed by atoms with van der Waals surface area (Å²) in [4.78, 5) is 14.1. The second-order valence-corrected chi connectivity index (χ2v) is 2.98. The van der Waals surface area contributed by atoms with Gasteiger partial charge in [-0.05, 0) is 6.92 Å². The predicted octanol–water partition coefficient (Wildman–Crippen LogP) is 1.43. The SMILES string of the molecule is C#CC(C)Oc1cc([N+](=O)[O-])cc(NC)n1. The van der Waals surface area contributed by atoms with Crippen LogP contribution in [0.2, 0.25) is 0 Å². The molecule has 1 unspecified atom stereocenters. The van der Waals surface area contributed by atoms with Gasteiger partial charge in [-0.25, -0.2) is 0 Å². The molecule has 0 aliphatic heterocycles. The zero-order valence-electron chi connectivity index (χ0n) is 8.93. The van der Waals surface area contributed by atoms with Crippen LogP contribution in [0.4, 0.5) is 11.5 Å². The highest BCUT2D eigenvalue weighted by Crippen LogP contribution is 2.22. The van der Waals surface area contributed by atoms with Gasteiger partial charge in [0, 0.05) is 7.05 Å². The van der Waals surface area contributed by atoms with Crippen LogP contribution in [0.1, 0.15) is 6.92 Å². The van der Waals surface area contributed by atoms with Gasteiger partial charge in [-0.1, -0.05) is 5.92 Å². The third-order valence-corrected chi connectivity index (χ3v) is 1.79. The van der Waals surface area contributed by atoms with Gasteiger partial charge < -0.3 is 10.1 Å². The Hall–Kier alpha value is -2.29. The van der Waals surface area contributed by atoms with E-state index in [1.54, 1.807) is 14.0 Å². The van der Waals surface area contributed by atoms with Crippen LogP contribution in [-0.4, -0.2) is 23.1 Å². The standard InChI is InChI=1S/C10H11N3O3/c1-4-7(2)16-10-6-8(13(14)15)5-9(11-3)12-10/h1,5-7H,2-3H3,(H,11,12). The van der Waals surface area contributed by atoms with E-state index in [2.05, 4.69) is 16.2 Å². The number of aromatic nitrogens is 1. The van der Waals surface area contributed by atoms with Crippen LogP contribution in [-0.2, 0) is 0 Å². The summed E-state index contributed by atoms with van der Waals surface area (Å²) in [6.45, 7) is 1.65. The summed E-state index contributed by atoms with van der Waals surface area (Å²) in [7, 11) is 1.61. The van der Waals surface area contributed by atoms with E-state index in [0.29, 0.717) is 5.82 Å². The molecule has 0 bridgehead atoms. The minimum atomic E-state index is -0.518. The minimum Gasteiger partial charge on any atom is -0.461 e. The molecular weight excluding hydrogens is 210 g/mol. The van der Waals surface area contributed by atoms with Crippen molar-refractivity contribution in [2.75, 3.05) is 12.4 Å². The minimum absolute atomic E-state index is 0.0985. The van der Waals surface area contributed by atoms with Gasteiger partial charge in [0.15, 0.2) is 6.10 Å². The van der Waals surface area contributed by atoms with Gasteiger partial charge in [0.1, 0.15) is 5.82 Å². The van der Waals surface area contributed by atoms with Gasteiger partial charge in [-0.2, -0.15) is 4.98 Å². The van der Waals surface area contributed by atoms with Crippen LogP contribution in [0.3, 0.4) is 0 Å². The molecule has 0 amide bonds. The lowest BCUT2D eigenvalue weighted by Crippen LogP contribution is -2.10. The highest BCUT2D eigenvalue weighted by Gasteiger charge is 2.12. The van der Waals surface area contributed by atoms with Gasteiger partial charge in [0.2, 0.25) is 5.88 Å². The first-order valence-corrected chi connectivity index (χ1v) is 4.54. The summed E-state index contributed by atoms with van der Waals surface area (Å²) in [5.41, 5.74) is -0.0985. The van der Waals surface area contributed by atoms with E-state index >= 15 is 0 Å². The number of nitro groups is 1. The Balaban J connectivity index is 3.05. The monoisotopic (exact) mass is 221 g/mol. The molecule has 84 valence electrons. The third-order valence-electron chi connectivity index (χ3n) is 1.79. The molecule has 0 aromatic carbocycles. The molecule has 1 N–H and O–H groups in total. The number of hydrogen-bond acceptors (Lipinski definition) is 5. The summed E-state index contributed by atoms with van der Waals surface area (Å²) in [5, 5.41) is 13.3. The maximum Gasteiger partial charge on any atom is 0.278 e. The molecule has 0 aliphatic carbocycles. The molecule has 0 fully saturated rings. The van der Waals surface area contributed by atoms with Crippen molar-refractivity contribution in [3.05, 3.63) is 22.2 Å². The molecule has 0 saturated heterocycles. The van der Waals surface area contributed by atoms with Crippen molar-refractivity contribution >= 4 is 11.5 Å². The molecule has 6 heteroatoms. The molecule has 1 rings (SSSR count). The van der Waals surface area contributed by atoms with Crippen molar-refractivity contribution in [1.82, 2.24) is 4.98 Å². The van der Waals surface area contributed by atoms with Crippen molar-refractivity contribution in [3.63, 3.8) is 0 Å². The molecule has 1 atom stereocenters. The van der Waals surface area contributed by atoms with Crippen molar-refractivity contribution in [1.29, 1.82) is 0 Å². The number of anilines is 1. The van der Waals surface area contributed by atoms with Crippen molar-refractivity contribution < 1.29 is 9.66 Å². The summed E-state index contributed by atoms with van der Waals surface area (Å²) >= 11 is 0. The van der Waals surface area contributed by atoms with Gasteiger partial charge in [-0.15, -0.1) is 6.42 Å². The average molecular weight is 221 g/mol. The molecule has 0 aliphatic rings. The number of nitrogens with zero attached hydrogens (tertiary/aromatic N) is 2. The largest absolute Gasteiger partial charge is 0.461 e. The molecular formula is C10H11N3O3. The fraction of sp³-hybridized carbons (Fsp3) is 0.300. The summed E-state index contributed by atoms with van der Waals surface area (Å²) in [6, 6.07) is 2.54. The van der Waals surface area contributed by atoms with Gasteiger partial charge >= 0.3 is 0 Å². The maximum atomic E-state index is 10.6. The van der Waals surface area contributed by atoms with Crippen LogP contribution in [0, 0.1) is 22.5 Å². The highest BCUT2D eigenvalue weighted by atomic mass is 16.6. The first-order valence-electron chi connectivity index (χ1n) is 4.54. The zero-order valence-corrected chi connectivity index (χ0v) is 8.93. The van der Waals surface area contributed by atoms with Crippen LogP contribution in [0.5, 0.6) is 5.88 Å². The van der Waals surface area contributed by atoms with Crippen LogP contribution < -0.4 is 10.1 Å². The van der Waals surface area contributed by atoms with E-state index in [4.69, 9.17) is 11.2 Å². The molecule has 1 aromatic rings. The maximum absolute atomic E-state index is 10.6. The van der Waals surface area contributed by atoms with E-state index < -0.39 is 11.0 Å². The second kappa shape index (κ2) is 4.98. The molecule has 1 heterocycles. The summed E-state index contributed by atoms with van der Waals surface area (Å²) < 4.78 is 5.21. The van der Waals surface area contributed by atoms with E-state index in [0.717, 1.165) is 0 Å². The summed E-state index contributed by atoms with van der Waals surface area (Å²) in [6.07, 6.45) is 4.65. The Labute approximate surface area is 92.8 Å². The Kier molecular flexibility index (Phi) is 3.67. The number of rotatable bonds is 4. The van der Waals surface area contributed by atoms with E-state index in [1.807, 2.05) is 0 Å². The normalized spacial score (nSPS) is 11.3. The lowest BCUT2D eigenvalue weighted by atomic mass is 10.3. The topological polar surface area (TPSA) is 77.3 Å². The van der Waals surface area contributed by atoms with E-state index in [9.17, 15) is 10.1 Å². The lowest BCUT2D eigenvalue weighted by Gasteiger charge is -2.08. The quantitative estimate of drug-likeness (QED) is 0.472. The smallest absolute Gasteiger partial charge is 0.278 e. The van der Waals surface area contributed by atoms with Crippen molar-refractivity contribution in [3.8, 4) is 18.2 Å². The molecule has 6 nitrogen and oxygen atoms in total. The Morgan fingerprint density at radius 2 is 2.38 bits per heavy atom. The Bertz CT molecular complexity index is 439. The lowest BCUT2D eigenvalue weighted by molar-refractivity contribution is -0.384. The fourth-order valence-corrected chi connectivity index (χ4v) is 1.00. The number of hydrogen-bond donors (Lipinski definition) is 1. The second-order valence-electron chi connectivity index (χ2n) is 2.98.